The summed E-state index contributed by atoms with van der Waals surface area (Å²) >= 11 is 0. The molecule has 0 spiro atoms. The van der Waals surface area contributed by atoms with Crippen LogP contribution < -0.4 is 14.8 Å². The Morgan fingerprint density at radius 3 is 2.62 bits per heavy atom. The Hall–Kier alpha value is -1.75. The van der Waals surface area contributed by atoms with E-state index in [1.807, 2.05) is 6.07 Å². The molecule has 1 amide bonds. The van der Waals surface area contributed by atoms with Crippen molar-refractivity contribution in [2.45, 2.75) is 51.0 Å². The number of likely N-dealkylation sites (tertiary alicyclic amines) is 1. The van der Waals surface area contributed by atoms with E-state index in [9.17, 15) is 4.79 Å². The molecule has 0 unspecified atom stereocenters. The molecule has 2 fully saturated rings. The maximum Gasteiger partial charge on any atom is 0.226 e. The van der Waals surface area contributed by atoms with Crippen LogP contribution in [0.4, 0.5) is 0 Å². The number of amides is 1. The monoisotopic (exact) mass is 360 g/mol. The Labute approximate surface area is 157 Å². The van der Waals surface area contributed by atoms with Gasteiger partial charge in [-0.1, -0.05) is 6.07 Å². The lowest BCUT2D eigenvalue weighted by atomic mass is 9.91. The van der Waals surface area contributed by atoms with Crippen molar-refractivity contribution >= 4 is 5.91 Å². The third-order valence-corrected chi connectivity index (χ3v) is 5.81. The smallest absolute Gasteiger partial charge is 0.226 e. The van der Waals surface area contributed by atoms with Crippen LogP contribution >= 0.6 is 0 Å². The van der Waals surface area contributed by atoms with Gasteiger partial charge in [0.25, 0.3) is 0 Å². The van der Waals surface area contributed by atoms with E-state index in [2.05, 4.69) is 22.3 Å². The minimum Gasteiger partial charge on any atom is -0.493 e. The van der Waals surface area contributed by atoms with Crippen molar-refractivity contribution in [3.63, 3.8) is 0 Å². The number of nitrogens with one attached hydrogen (secondary N) is 1. The van der Waals surface area contributed by atoms with Gasteiger partial charge in [0.05, 0.1) is 14.2 Å². The van der Waals surface area contributed by atoms with Crippen LogP contribution in [0.3, 0.4) is 0 Å². The van der Waals surface area contributed by atoms with Gasteiger partial charge in [-0.3, -0.25) is 4.79 Å². The molecule has 5 heteroatoms. The van der Waals surface area contributed by atoms with Gasteiger partial charge in [-0.25, -0.2) is 0 Å². The fraction of sp³-hybridized carbons (Fsp3) is 0.667. The van der Waals surface area contributed by atoms with Gasteiger partial charge in [-0.05, 0) is 75.7 Å². The second-order valence-electron chi connectivity index (χ2n) is 7.43. The summed E-state index contributed by atoms with van der Waals surface area (Å²) in [6.45, 7) is 2.88. The highest BCUT2D eigenvalue weighted by Crippen LogP contribution is 2.30. The van der Waals surface area contributed by atoms with E-state index in [0.29, 0.717) is 11.9 Å². The number of nitrogens with zero attached hydrogens (tertiary/aromatic N) is 1. The lowest BCUT2D eigenvalue weighted by Gasteiger charge is -2.39. The highest BCUT2D eigenvalue weighted by molar-refractivity contribution is 5.79. The summed E-state index contributed by atoms with van der Waals surface area (Å²) in [5.74, 6) is 2.15. The van der Waals surface area contributed by atoms with E-state index < -0.39 is 0 Å². The van der Waals surface area contributed by atoms with Gasteiger partial charge in [-0.15, -0.1) is 0 Å². The molecule has 2 saturated heterocycles. The van der Waals surface area contributed by atoms with E-state index in [1.54, 1.807) is 14.2 Å². The fourth-order valence-corrected chi connectivity index (χ4v) is 4.26. The quantitative estimate of drug-likeness (QED) is 0.847. The first-order valence-electron chi connectivity index (χ1n) is 9.95. The molecule has 0 radical (unpaired) electrons. The highest BCUT2D eigenvalue weighted by Gasteiger charge is 2.31. The molecular formula is C21H32N2O3. The number of carbonyl (C=O) groups excluding carboxylic acids is 1. The van der Waals surface area contributed by atoms with Crippen LogP contribution in [0.1, 0.15) is 44.1 Å². The number of rotatable bonds is 6. The van der Waals surface area contributed by atoms with Crippen molar-refractivity contribution in [2.24, 2.45) is 5.92 Å². The summed E-state index contributed by atoms with van der Waals surface area (Å²) in [5, 5.41) is 3.36. The third kappa shape index (κ3) is 4.50. The van der Waals surface area contributed by atoms with Crippen molar-refractivity contribution in [1.82, 2.24) is 10.2 Å². The molecule has 5 nitrogen and oxygen atoms in total. The zero-order chi connectivity index (χ0) is 18.4. The number of hydrogen-bond acceptors (Lipinski definition) is 4. The van der Waals surface area contributed by atoms with Gasteiger partial charge in [0.15, 0.2) is 11.5 Å². The maximum absolute atomic E-state index is 13.0. The molecule has 144 valence electrons. The molecule has 0 bridgehead atoms. The van der Waals surface area contributed by atoms with Crippen molar-refractivity contribution in [1.29, 1.82) is 0 Å². The molecule has 1 N–H and O–H groups in total. The Balaban J connectivity index is 1.62. The van der Waals surface area contributed by atoms with Crippen LogP contribution in [0.5, 0.6) is 11.5 Å². The summed E-state index contributed by atoms with van der Waals surface area (Å²) < 4.78 is 10.7. The zero-order valence-electron chi connectivity index (χ0n) is 16.1. The zero-order valence-corrected chi connectivity index (χ0v) is 16.1. The average molecular weight is 360 g/mol. The number of piperidine rings is 2. The number of ether oxygens (including phenoxy) is 2. The first-order chi connectivity index (χ1) is 12.7. The molecule has 3 rings (SSSR count). The molecule has 2 heterocycles. The van der Waals surface area contributed by atoms with E-state index in [4.69, 9.17) is 9.47 Å². The van der Waals surface area contributed by atoms with Crippen LogP contribution in [0.2, 0.25) is 0 Å². The van der Waals surface area contributed by atoms with Crippen molar-refractivity contribution in [3.8, 4) is 11.5 Å². The summed E-state index contributed by atoms with van der Waals surface area (Å²) in [6.07, 6.45) is 7.45. The van der Waals surface area contributed by atoms with Crippen molar-refractivity contribution in [3.05, 3.63) is 23.8 Å². The van der Waals surface area contributed by atoms with Crippen LogP contribution in [0.15, 0.2) is 18.2 Å². The van der Waals surface area contributed by atoms with E-state index >= 15 is 0 Å². The summed E-state index contributed by atoms with van der Waals surface area (Å²) in [6, 6.07) is 6.50. The topological polar surface area (TPSA) is 50.8 Å². The van der Waals surface area contributed by atoms with Crippen LogP contribution in [-0.4, -0.2) is 50.7 Å². The summed E-state index contributed by atoms with van der Waals surface area (Å²) in [4.78, 5) is 15.2. The van der Waals surface area contributed by atoms with Gasteiger partial charge < -0.3 is 19.7 Å². The van der Waals surface area contributed by atoms with Crippen LogP contribution in [0.25, 0.3) is 0 Å². The first kappa shape index (κ1) is 19.0. The molecule has 0 aliphatic carbocycles. The van der Waals surface area contributed by atoms with Gasteiger partial charge >= 0.3 is 0 Å². The Morgan fingerprint density at radius 2 is 1.88 bits per heavy atom. The number of aryl methyl sites for hydroxylation is 1. The predicted molar refractivity (Wildman–Crippen MR) is 103 cm³/mol. The van der Waals surface area contributed by atoms with Gasteiger partial charge in [-0.2, -0.15) is 0 Å². The molecule has 0 aromatic heterocycles. The molecule has 1 aromatic carbocycles. The standard InChI is InChI=1S/C21H32N2O3/c1-25-19-9-7-16(15-20(19)26-2)6-8-18-5-3-4-14-23(18)21(24)17-10-12-22-13-11-17/h7,9,15,17-18,22H,3-6,8,10-14H2,1-2H3/t18-/m0/s1. The molecule has 1 aromatic rings. The molecule has 2 aliphatic rings. The van der Waals surface area contributed by atoms with Crippen LogP contribution in [-0.2, 0) is 11.2 Å². The van der Waals surface area contributed by atoms with E-state index in [1.165, 1.54) is 12.0 Å². The Kier molecular flexibility index (Phi) is 6.78. The number of methoxy groups -OCH3 is 2. The van der Waals surface area contributed by atoms with Crippen molar-refractivity contribution < 1.29 is 14.3 Å². The Morgan fingerprint density at radius 1 is 1.12 bits per heavy atom. The van der Waals surface area contributed by atoms with Crippen LogP contribution in [0, 0.1) is 5.92 Å². The van der Waals surface area contributed by atoms with Gasteiger partial charge in [0.1, 0.15) is 0 Å². The second-order valence-corrected chi connectivity index (χ2v) is 7.43. The fourth-order valence-electron chi connectivity index (χ4n) is 4.26. The second kappa shape index (κ2) is 9.26. The van der Waals surface area contributed by atoms with Gasteiger partial charge in [0, 0.05) is 18.5 Å². The summed E-state index contributed by atoms with van der Waals surface area (Å²) in [5.41, 5.74) is 1.24. The number of carbonyl (C=O) groups is 1. The Bertz CT molecular complexity index is 599. The minimum absolute atomic E-state index is 0.220. The molecule has 26 heavy (non-hydrogen) atoms. The van der Waals surface area contributed by atoms with Gasteiger partial charge in [0.2, 0.25) is 5.91 Å². The molecule has 1 atom stereocenters. The minimum atomic E-state index is 0.220. The summed E-state index contributed by atoms with van der Waals surface area (Å²) in [7, 11) is 3.33. The van der Waals surface area contributed by atoms with E-state index in [-0.39, 0.29) is 5.92 Å². The maximum atomic E-state index is 13.0. The van der Waals surface area contributed by atoms with E-state index in [0.717, 1.165) is 69.7 Å². The SMILES string of the molecule is COc1ccc(CC[C@@H]2CCCCN2C(=O)C2CCNCC2)cc1OC. The largest absolute Gasteiger partial charge is 0.493 e. The molecular weight excluding hydrogens is 328 g/mol. The predicted octanol–water partition coefficient (Wildman–Crippen LogP) is 3.02. The molecule has 0 saturated carbocycles. The lowest BCUT2D eigenvalue weighted by molar-refractivity contribution is -0.140. The average Bonchev–Trinajstić information content (AvgIpc) is 2.72. The van der Waals surface area contributed by atoms with Crippen molar-refractivity contribution in [2.75, 3.05) is 33.9 Å². The normalized spacial score (nSPS) is 21.5. The molecule has 2 aliphatic heterocycles. The highest BCUT2D eigenvalue weighted by atomic mass is 16.5. The first-order valence-corrected chi connectivity index (χ1v) is 9.95. The lowest BCUT2D eigenvalue weighted by Crippen LogP contribution is -2.48. The third-order valence-electron chi connectivity index (χ3n) is 5.81. The number of benzene rings is 1. The number of hydrogen-bond donors (Lipinski definition) is 1.